The topological polar surface area (TPSA) is 103 Å². The van der Waals surface area contributed by atoms with Crippen LogP contribution in [0, 0.1) is 12.8 Å². The molecule has 2 aromatic carbocycles. The molecule has 5 rings (SSSR count). The van der Waals surface area contributed by atoms with E-state index in [1.165, 1.54) is 17.6 Å². The first-order valence-electron chi connectivity index (χ1n) is 13.3. The van der Waals surface area contributed by atoms with Crippen molar-refractivity contribution >= 4 is 39.8 Å². The number of carbonyl (C=O) groups is 3. The minimum Gasteiger partial charge on any atom is -0.469 e. The summed E-state index contributed by atoms with van der Waals surface area (Å²) in [6.45, 7) is 8.26. The first kappa shape index (κ1) is 27.2. The average molecular weight is 543 g/mol. The lowest BCUT2D eigenvalue weighted by Crippen LogP contribution is -2.43. The number of methoxy groups -OCH3 is 1. The molecule has 208 valence electrons. The lowest BCUT2D eigenvalue weighted by Gasteiger charge is -2.24. The zero-order chi connectivity index (χ0) is 28.6. The fraction of sp³-hybridized carbons (Fsp3) is 0.355. The maximum absolute atomic E-state index is 13.3. The predicted molar refractivity (Wildman–Crippen MR) is 152 cm³/mol. The standard InChI is InChI=1S/C31H34N4O5/c1-19-14-22(23-8-6-7-9-25(23)32-19)16-34-13-12-20-15-21(10-11-27(20)34)28(36)33-26-18-35(17-24(26)29(37)39-5)30(38)40-31(2,3)4/h6-15,24,26H,16-18H2,1-5H3,(H,33,36). The number of para-hydroxylation sites is 1. The summed E-state index contributed by atoms with van der Waals surface area (Å²) in [5, 5.41) is 4.98. The molecule has 1 aliphatic rings. The molecule has 2 unspecified atom stereocenters. The van der Waals surface area contributed by atoms with Crippen LogP contribution in [-0.2, 0) is 20.8 Å². The van der Waals surface area contributed by atoms with E-state index >= 15 is 0 Å². The normalized spacial score (nSPS) is 17.3. The Labute approximate surface area is 233 Å². The summed E-state index contributed by atoms with van der Waals surface area (Å²) in [5.74, 6) is -1.50. The first-order chi connectivity index (χ1) is 19.0. The number of benzene rings is 2. The van der Waals surface area contributed by atoms with Crippen LogP contribution >= 0.6 is 0 Å². The van der Waals surface area contributed by atoms with E-state index in [1.807, 2.05) is 49.5 Å². The van der Waals surface area contributed by atoms with Crippen LogP contribution in [-0.4, -0.2) is 64.3 Å². The molecule has 2 atom stereocenters. The number of aryl methyl sites for hydroxylation is 1. The molecule has 1 aliphatic heterocycles. The second-order valence-electron chi connectivity index (χ2n) is 11.3. The molecule has 2 aromatic heterocycles. The summed E-state index contributed by atoms with van der Waals surface area (Å²) in [6, 6.07) is 17.1. The van der Waals surface area contributed by atoms with Crippen LogP contribution in [0.4, 0.5) is 4.79 Å². The fourth-order valence-electron chi connectivity index (χ4n) is 5.26. The summed E-state index contributed by atoms with van der Waals surface area (Å²) in [5.41, 5.74) is 3.90. The van der Waals surface area contributed by atoms with Crippen molar-refractivity contribution in [2.24, 2.45) is 5.92 Å². The number of amides is 2. The summed E-state index contributed by atoms with van der Waals surface area (Å²) < 4.78 is 12.6. The van der Waals surface area contributed by atoms with Gasteiger partial charge >= 0.3 is 12.1 Å². The molecule has 0 radical (unpaired) electrons. The van der Waals surface area contributed by atoms with Gasteiger partial charge in [-0.2, -0.15) is 0 Å². The number of fused-ring (bicyclic) bond motifs is 2. The summed E-state index contributed by atoms with van der Waals surface area (Å²) in [7, 11) is 1.30. The lowest BCUT2D eigenvalue weighted by molar-refractivity contribution is -0.145. The van der Waals surface area contributed by atoms with Crippen LogP contribution in [0.5, 0.6) is 0 Å². The van der Waals surface area contributed by atoms with E-state index < -0.39 is 29.6 Å². The molecule has 1 fully saturated rings. The molecule has 0 spiro atoms. The molecular formula is C31H34N4O5. The van der Waals surface area contributed by atoms with Gasteiger partial charge in [-0.15, -0.1) is 0 Å². The molecule has 2 amide bonds. The van der Waals surface area contributed by atoms with Gasteiger partial charge in [0.2, 0.25) is 0 Å². The number of rotatable bonds is 5. The number of hydrogen-bond acceptors (Lipinski definition) is 6. The van der Waals surface area contributed by atoms with Gasteiger partial charge in [0.1, 0.15) is 5.60 Å². The Bertz CT molecular complexity index is 1600. The molecule has 0 saturated carbocycles. The average Bonchev–Trinajstić information content (AvgIpc) is 3.51. The third kappa shape index (κ3) is 5.64. The van der Waals surface area contributed by atoms with E-state index in [0.29, 0.717) is 12.1 Å². The second-order valence-corrected chi connectivity index (χ2v) is 11.3. The Morgan fingerprint density at radius 2 is 1.82 bits per heavy atom. The van der Waals surface area contributed by atoms with E-state index in [4.69, 9.17) is 9.47 Å². The first-order valence-corrected chi connectivity index (χ1v) is 13.3. The Morgan fingerprint density at radius 1 is 1.05 bits per heavy atom. The van der Waals surface area contributed by atoms with Crippen molar-refractivity contribution in [2.75, 3.05) is 20.2 Å². The number of esters is 1. The Kier molecular flexibility index (Phi) is 7.23. The highest BCUT2D eigenvalue weighted by Gasteiger charge is 2.42. The number of nitrogens with zero attached hydrogens (tertiary/aromatic N) is 3. The molecular weight excluding hydrogens is 508 g/mol. The molecule has 40 heavy (non-hydrogen) atoms. The van der Waals surface area contributed by atoms with Gasteiger partial charge in [-0.25, -0.2) is 4.79 Å². The Morgan fingerprint density at radius 3 is 2.58 bits per heavy atom. The molecule has 1 N–H and O–H groups in total. The van der Waals surface area contributed by atoms with Gasteiger partial charge in [0.05, 0.1) is 24.6 Å². The third-order valence-electron chi connectivity index (χ3n) is 7.10. The van der Waals surface area contributed by atoms with Crippen molar-refractivity contribution < 1.29 is 23.9 Å². The maximum atomic E-state index is 13.3. The van der Waals surface area contributed by atoms with Gasteiger partial charge in [-0.05, 0) is 69.7 Å². The number of hydrogen-bond donors (Lipinski definition) is 1. The summed E-state index contributed by atoms with van der Waals surface area (Å²) in [4.78, 5) is 44.4. The molecule has 0 aliphatic carbocycles. The van der Waals surface area contributed by atoms with Crippen LogP contribution in [0.15, 0.2) is 60.8 Å². The minimum absolute atomic E-state index is 0.109. The second kappa shape index (κ2) is 10.6. The number of ether oxygens (including phenoxy) is 2. The zero-order valence-corrected chi connectivity index (χ0v) is 23.4. The van der Waals surface area contributed by atoms with E-state index in [0.717, 1.165) is 27.5 Å². The quantitative estimate of drug-likeness (QED) is 0.367. The number of carbonyl (C=O) groups excluding carboxylic acids is 3. The van der Waals surface area contributed by atoms with Crippen molar-refractivity contribution in [3.05, 3.63) is 77.6 Å². The van der Waals surface area contributed by atoms with Gasteiger partial charge in [0.25, 0.3) is 5.91 Å². The Balaban J connectivity index is 1.34. The van der Waals surface area contributed by atoms with Crippen LogP contribution in [0.3, 0.4) is 0 Å². The van der Waals surface area contributed by atoms with Gasteiger partial charge in [0, 0.05) is 53.4 Å². The van der Waals surface area contributed by atoms with E-state index in [2.05, 4.69) is 27.0 Å². The highest BCUT2D eigenvalue weighted by atomic mass is 16.6. The zero-order valence-electron chi connectivity index (χ0n) is 23.4. The monoisotopic (exact) mass is 542 g/mol. The summed E-state index contributed by atoms with van der Waals surface area (Å²) in [6.07, 6.45) is 1.48. The molecule has 9 nitrogen and oxygen atoms in total. The smallest absolute Gasteiger partial charge is 0.410 e. The number of aromatic nitrogens is 2. The highest BCUT2D eigenvalue weighted by molar-refractivity contribution is 5.98. The van der Waals surface area contributed by atoms with E-state index in [1.54, 1.807) is 26.8 Å². The van der Waals surface area contributed by atoms with Crippen LogP contribution < -0.4 is 5.32 Å². The Hall–Kier alpha value is -4.40. The third-order valence-corrected chi connectivity index (χ3v) is 7.10. The minimum atomic E-state index is -0.690. The van der Waals surface area contributed by atoms with Gasteiger partial charge in [-0.1, -0.05) is 18.2 Å². The van der Waals surface area contributed by atoms with Gasteiger partial charge in [-0.3, -0.25) is 14.6 Å². The van der Waals surface area contributed by atoms with Crippen molar-refractivity contribution in [1.82, 2.24) is 19.8 Å². The van der Waals surface area contributed by atoms with E-state index in [-0.39, 0.29) is 19.0 Å². The van der Waals surface area contributed by atoms with Crippen molar-refractivity contribution in [2.45, 2.75) is 45.9 Å². The maximum Gasteiger partial charge on any atom is 0.410 e. The molecule has 1 saturated heterocycles. The highest BCUT2D eigenvalue weighted by Crippen LogP contribution is 2.25. The number of pyridine rings is 1. The lowest BCUT2D eigenvalue weighted by atomic mass is 10.0. The van der Waals surface area contributed by atoms with Crippen LogP contribution in [0.1, 0.15) is 42.4 Å². The molecule has 4 aromatic rings. The largest absolute Gasteiger partial charge is 0.469 e. The van der Waals surface area contributed by atoms with Crippen molar-refractivity contribution in [1.29, 1.82) is 0 Å². The van der Waals surface area contributed by atoms with E-state index in [9.17, 15) is 14.4 Å². The fourth-order valence-corrected chi connectivity index (χ4v) is 5.26. The molecule has 9 heteroatoms. The number of likely N-dealkylation sites (tertiary alicyclic amines) is 1. The van der Waals surface area contributed by atoms with Crippen molar-refractivity contribution in [3.8, 4) is 0 Å². The van der Waals surface area contributed by atoms with Crippen LogP contribution in [0.25, 0.3) is 21.8 Å². The predicted octanol–water partition coefficient (Wildman–Crippen LogP) is 4.68. The van der Waals surface area contributed by atoms with Gasteiger partial charge in [0.15, 0.2) is 0 Å². The summed E-state index contributed by atoms with van der Waals surface area (Å²) >= 11 is 0. The molecule has 3 heterocycles. The molecule has 0 bridgehead atoms. The number of nitrogens with one attached hydrogen (secondary N) is 1. The van der Waals surface area contributed by atoms with Gasteiger partial charge < -0.3 is 24.3 Å². The van der Waals surface area contributed by atoms with Crippen molar-refractivity contribution in [3.63, 3.8) is 0 Å². The van der Waals surface area contributed by atoms with Crippen LogP contribution in [0.2, 0.25) is 0 Å². The SMILES string of the molecule is COC(=O)C1CN(C(=O)OC(C)(C)C)CC1NC(=O)c1ccc2c(ccn2Cc2cc(C)nc3ccccc23)c1.